The number of halogens is 2. The predicted octanol–water partition coefficient (Wildman–Crippen LogP) is 6.03. The maximum atomic E-state index is 13.6. The summed E-state index contributed by atoms with van der Waals surface area (Å²) >= 11 is 1.57. The molecule has 34 heavy (non-hydrogen) atoms. The molecule has 0 amide bonds. The summed E-state index contributed by atoms with van der Waals surface area (Å²) in [4.78, 5) is 10.7. The third-order valence-electron chi connectivity index (χ3n) is 7.24. The molecule has 6 rings (SSSR count). The fourth-order valence-corrected chi connectivity index (χ4v) is 6.15. The van der Waals surface area contributed by atoms with Crippen LogP contribution in [0.3, 0.4) is 0 Å². The van der Waals surface area contributed by atoms with E-state index in [-0.39, 0.29) is 17.0 Å². The van der Waals surface area contributed by atoms with Crippen LogP contribution in [0.5, 0.6) is 0 Å². The van der Waals surface area contributed by atoms with Gasteiger partial charge in [-0.2, -0.15) is 0 Å². The number of nitrogens with zero attached hydrogens (tertiary/aromatic N) is 2. The van der Waals surface area contributed by atoms with Gasteiger partial charge >= 0.3 is 0 Å². The molecule has 2 aromatic carbocycles. The number of nitrogens with one attached hydrogen (secondary N) is 2. The average molecular weight is 477 g/mol. The van der Waals surface area contributed by atoms with Crippen LogP contribution in [0.15, 0.2) is 53.9 Å². The highest BCUT2D eigenvalue weighted by molar-refractivity contribution is 7.17. The van der Waals surface area contributed by atoms with E-state index in [1.54, 1.807) is 35.6 Å². The van der Waals surface area contributed by atoms with E-state index in [9.17, 15) is 8.78 Å². The molecule has 2 N–H and O–H groups in total. The Kier molecular flexibility index (Phi) is 5.54. The third kappa shape index (κ3) is 4.18. The van der Waals surface area contributed by atoms with Gasteiger partial charge in [0.15, 0.2) is 0 Å². The Morgan fingerprint density at radius 1 is 1.00 bits per heavy atom. The molecule has 174 valence electrons. The van der Waals surface area contributed by atoms with Crippen molar-refractivity contribution >= 4 is 27.4 Å². The largest absolute Gasteiger partial charge is 0.369 e. The second-order valence-corrected chi connectivity index (χ2v) is 10.4. The first kappa shape index (κ1) is 21.6. The quantitative estimate of drug-likeness (QED) is 0.342. The lowest BCUT2D eigenvalue weighted by molar-refractivity contribution is 0.293. The summed E-state index contributed by atoms with van der Waals surface area (Å²) in [6.07, 6.45) is 4.31. The first-order valence-corrected chi connectivity index (χ1v) is 12.7. The van der Waals surface area contributed by atoms with Crippen molar-refractivity contribution in [2.45, 2.75) is 25.7 Å². The van der Waals surface area contributed by atoms with Gasteiger partial charge in [-0.15, -0.1) is 11.3 Å². The predicted molar refractivity (Wildman–Crippen MR) is 133 cm³/mol. The summed E-state index contributed by atoms with van der Waals surface area (Å²) in [6, 6.07) is 13.1. The summed E-state index contributed by atoms with van der Waals surface area (Å²) < 4.78 is 26.9. The molecule has 0 spiro atoms. The fourth-order valence-electron chi connectivity index (χ4n) is 5.18. The van der Waals surface area contributed by atoms with Crippen molar-refractivity contribution < 1.29 is 8.78 Å². The van der Waals surface area contributed by atoms with Crippen LogP contribution in [0.4, 0.5) is 14.6 Å². The Balaban J connectivity index is 1.39. The van der Waals surface area contributed by atoms with Crippen molar-refractivity contribution in [1.82, 2.24) is 15.3 Å². The number of thiophene rings is 1. The maximum absolute atomic E-state index is 13.6. The molecular weight excluding hydrogens is 450 g/mol. The van der Waals surface area contributed by atoms with Crippen molar-refractivity contribution in [3.8, 4) is 11.1 Å². The molecule has 1 saturated heterocycles. The van der Waals surface area contributed by atoms with Crippen molar-refractivity contribution in [3.05, 3.63) is 76.9 Å². The minimum absolute atomic E-state index is 0.250. The van der Waals surface area contributed by atoms with E-state index in [2.05, 4.69) is 16.0 Å². The molecule has 0 bridgehead atoms. The number of benzene rings is 2. The molecule has 2 aliphatic rings. The first-order valence-electron chi connectivity index (χ1n) is 11.8. The number of hydrogen-bond acceptors (Lipinski definition) is 5. The van der Waals surface area contributed by atoms with E-state index >= 15 is 0 Å². The summed E-state index contributed by atoms with van der Waals surface area (Å²) in [7, 11) is 0. The molecule has 1 atom stereocenters. The lowest BCUT2D eigenvalue weighted by atomic mass is 9.81. The fraction of sp³-hybridized carbons (Fsp3) is 0.333. The van der Waals surface area contributed by atoms with Crippen LogP contribution in [0, 0.1) is 23.0 Å². The number of anilines is 1. The van der Waals surface area contributed by atoms with E-state index in [1.165, 1.54) is 43.5 Å². The summed E-state index contributed by atoms with van der Waals surface area (Å²) in [6.45, 7) is 2.97. The topological polar surface area (TPSA) is 49.8 Å². The minimum Gasteiger partial charge on any atom is -0.369 e. The van der Waals surface area contributed by atoms with Crippen molar-refractivity contribution in [2.24, 2.45) is 11.3 Å². The van der Waals surface area contributed by atoms with Gasteiger partial charge < -0.3 is 10.6 Å². The van der Waals surface area contributed by atoms with Crippen LogP contribution < -0.4 is 10.6 Å². The summed E-state index contributed by atoms with van der Waals surface area (Å²) in [5.74, 6) is 1.80. The molecule has 7 heteroatoms. The minimum atomic E-state index is -0.250. The van der Waals surface area contributed by atoms with Crippen molar-refractivity contribution in [2.75, 3.05) is 25.0 Å². The van der Waals surface area contributed by atoms with Crippen molar-refractivity contribution in [1.29, 1.82) is 0 Å². The number of hydrogen-bond donors (Lipinski definition) is 2. The molecule has 4 aromatic rings. The van der Waals surface area contributed by atoms with Gasteiger partial charge in [-0.3, -0.25) is 0 Å². The molecule has 0 radical (unpaired) electrons. The van der Waals surface area contributed by atoms with Crippen LogP contribution in [0.25, 0.3) is 21.3 Å². The van der Waals surface area contributed by atoms with Gasteiger partial charge in [0.1, 0.15) is 28.1 Å². The SMILES string of the molecule is Fc1ccc(Cc2nc(NCC3(C4CC4)CCNC3)c3c(-c4ccc(F)cc4)csc3n2)cc1. The van der Waals surface area contributed by atoms with Gasteiger partial charge in [-0.25, -0.2) is 18.7 Å². The van der Waals surface area contributed by atoms with Gasteiger partial charge in [0.2, 0.25) is 0 Å². The number of fused-ring (bicyclic) bond motifs is 1. The highest BCUT2D eigenvalue weighted by Gasteiger charge is 2.46. The summed E-state index contributed by atoms with van der Waals surface area (Å²) in [5.41, 5.74) is 3.20. The van der Waals surface area contributed by atoms with E-state index < -0.39 is 0 Å². The Morgan fingerprint density at radius 3 is 2.41 bits per heavy atom. The normalized spacial score (nSPS) is 20.2. The number of aromatic nitrogens is 2. The first-order chi connectivity index (χ1) is 16.6. The molecule has 4 nitrogen and oxygen atoms in total. The molecule has 3 heterocycles. The Morgan fingerprint density at radius 2 is 1.74 bits per heavy atom. The molecule has 2 fully saturated rings. The highest BCUT2D eigenvalue weighted by Crippen LogP contribution is 2.49. The smallest absolute Gasteiger partial charge is 0.139 e. The highest BCUT2D eigenvalue weighted by atomic mass is 32.1. The third-order valence-corrected chi connectivity index (χ3v) is 8.11. The van der Waals surface area contributed by atoms with E-state index in [0.717, 1.165) is 58.3 Å². The maximum Gasteiger partial charge on any atom is 0.139 e. The Bertz CT molecular complexity index is 1310. The Hall–Kier alpha value is -2.90. The second kappa shape index (κ2) is 8.71. The summed E-state index contributed by atoms with van der Waals surface area (Å²) in [5, 5.41) is 10.3. The molecule has 1 aliphatic carbocycles. The zero-order chi connectivity index (χ0) is 23.1. The standard InChI is InChI=1S/C27H26F2N4S/c28-20-7-1-17(2-8-20)13-23-32-25(31-16-27(19-5-6-19)11-12-30-15-27)24-22(14-34-26(24)33-23)18-3-9-21(29)10-4-18/h1-4,7-10,14,19,30H,5-6,11-13,15-16H2,(H,31,32,33). The van der Waals surface area contributed by atoms with Gasteiger partial charge in [-0.05, 0) is 67.1 Å². The van der Waals surface area contributed by atoms with Crippen LogP contribution in [-0.2, 0) is 6.42 Å². The zero-order valence-corrected chi connectivity index (χ0v) is 19.6. The lowest BCUT2D eigenvalue weighted by Crippen LogP contribution is -2.34. The van der Waals surface area contributed by atoms with Crippen LogP contribution in [0.2, 0.25) is 0 Å². The Labute approximate surface area is 201 Å². The number of rotatable bonds is 7. The van der Waals surface area contributed by atoms with Gasteiger partial charge in [-0.1, -0.05) is 24.3 Å². The molecule has 1 saturated carbocycles. The monoisotopic (exact) mass is 476 g/mol. The molecule has 2 aromatic heterocycles. The molecular formula is C27H26F2N4S. The van der Waals surface area contributed by atoms with E-state index in [1.807, 2.05) is 0 Å². The average Bonchev–Trinajstić information content (AvgIpc) is 3.45. The van der Waals surface area contributed by atoms with Gasteiger partial charge in [0.05, 0.1) is 5.39 Å². The van der Waals surface area contributed by atoms with Crippen molar-refractivity contribution in [3.63, 3.8) is 0 Å². The molecule has 1 aliphatic heterocycles. The van der Waals surface area contributed by atoms with Gasteiger partial charge in [0, 0.05) is 35.9 Å². The van der Waals surface area contributed by atoms with E-state index in [4.69, 9.17) is 9.97 Å². The van der Waals surface area contributed by atoms with E-state index in [0.29, 0.717) is 12.2 Å². The van der Waals surface area contributed by atoms with Crippen LogP contribution in [-0.4, -0.2) is 29.6 Å². The van der Waals surface area contributed by atoms with Gasteiger partial charge in [0.25, 0.3) is 0 Å². The molecule has 1 unspecified atom stereocenters. The van der Waals surface area contributed by atoms with Crippen LogP contribution in [0.1, 0.15) is 30.7 Å². The zero-order valence-electron chi connectivity index (χ0n) is 18.8. The van der Waals surface area contributed by atoms with Crippen LogP contribution >= 0.6 is 11.3 Å². The lowest BCUT2D eigenvalue weighted by Gasteiger charge is -2.29. The second-order valence-electron chi connectivity index (χ2n) is 9.55.